The molecule has 0 aliphatic rings. The Morgan fingerprint density at radius 2 is 2.00 bits per heavy atom. The molecule has 0 amide bonds. The molecule has 0 bridgehead atoms. The van der Waals surface area contributed by atoms with Crippen molar-refractivity contribution in [3.05, 3.63) is 0 Å². The minimum atomic E-state index is -1.22. The SMILES string of the molecule is O=C(O)C[C@@H](NS)C(=O)O. The lowest BCUT2D eigenvalue weighted by molar-refractivity contribution is -0.145. The van der Waals surface area contributed by atoms with E-state index in [-0.39, 0.29) is 0 Å². The van der Waals surface area contributed by atoms with E-state index in [2.05, 4.69) is 12.8 Å². The molecule has 0 saturated carbocycles. The van der Waals surface area contributed by atoms with Crippen molar-refractivity contribution in [2.45, 2.75) is 12.5 Å². The lowest BCUT2D eigenvalue weighted by Gasteiger charge is -2.05. The highest BCUT2D eigenvalue weighted by atomic mass is 32.1. The van der Waals surface area contributed by atoms with E-state index in [4.69, 9.17) is 10.2 Å². The number of hydrogen-bond donors (Lipinski definition) is 4. The van der Waals surface area contributed by atoms with Gasteiger partial charge in [-0.1, -0.05) is 12.8 Å². The summed E-state index contributed by atoms with van der Waals surface area (Å²) in [5, 5.41) is 16.4. The molecule has 0 unspecified atom stereocenters. The number of aliphatic carboxylic acids is 2. The molecule has 0 rings (SSSR count). The van der Waals surface area contributed by atoms with E-state index in [1.165, 1.54) is 0 Å². The van der Waals surface area contributed by atoms with Gasteiger partial charge in [0.2, 0.25) is 0 Å². The zero-order valence-electron chi connectivity index (χ0n) is 4.94. The topological polar surface area (TPSA) is 86.6 Å². The van der Waals surface area contributed by atoms with Gasteiger partial charge in [-0.05, 0) is 0 Å². The van der Waals surface area contributed by atoms with Crippen molar-refractivity contribution in [2.24, 2.45) is 0 Å². The van der Waals surface area contributed by atoms with Crippen LogP contribution in [0.5, 0.6) is 0 Å². The summed E-state index contributed by atoms with van der Waals surface area (Å²) in [5.41, 5.74) is 0. The summed E-state index contributed by atoms with van der Waals surface area (Å²) >= 11 is 3.44. The van der Waals surface area contributed by atoms with Crippen LogP contribution in [-0.2, 0) is 9.59 Å². The van der Waals surface area contributed by atoms with Crippen molar-refractivity contribution in [2.75, 3.05) is 0 Å². The van der Waals surface area contributed by atoms with Gasteiger partial charge in [-0.15, -0.1) is 0 Å². The fourth-order valence-electron chi connectivity index (χ4n) is 0.363. The number of thiol groups is 1. The average Bonchev–Trinajstić information content (AvgIpc) is 1.81. The van der Waals surface area contributed by atoms with Crippen LogP contribution >= 0.6 is 12.8 Å². The predicted molar refractivity (Wildman–Crippen MR) is 35.8 cm³/mol. The second-order valence-electron chi connectivity index (χ2n) is 1.62. The lowest BCUT2D eigenvalue weighted by atomic mass is 10.2. The highest BCUT2D eigenvalue weighted by Crippen LogP contribution is 1.92. The third-order valence-electron chi connectivity index (χ3n) is 0.833. The van der Waals surface area contributed by atoms with E-state index in [0.717, 1.165) is 0 Å². The van der Waals surface area contributed by atoms with Crippen LogP contribution in [0.4, 0.5) is 0 Å². The molecule has 0 aromatic rings. The number of carbonyl (C=O) groups is 2. The zero-order valence-corrected chi connectivity index (χ0v) is 5.84. The standard InChI is InChI=1S/C4H7NO4S/c6-3(7)1-2(5-10)4(8)9/h2,5,10H,1H2,(H,6,7)(H,8,9)/t2-/m1/s1. The van der Waals surface area contributed by atoms with E-state index >= 15 is 0 Å². The van der Waals surface area contributed by atoms with Gasteiger partial charge in [0, 0.05) is 0 Å². The van der Waals surface area contributed by atoms with Crippen LogP contribution in [-0.4, -0.2) is 28.2 Å². The highest BCUT2D eigenvalue weighted by molar-refractivity contribution is 7.78. The zero-order chi connectivity index (χ0) is 8.15. The molecule has 0 aliphatic heterocycles. The first-order valence-electron chi connectivity index (χ1n) is 2.42. The molecule has 0 aromatic heterocycles. The molecule has 0 aromatic carbocycles. The summed E-state index contributed by atoms with van der Waals surface area (Å²) < 4.78 is 2.05. The van der Waals surface area contributed by atoms with Gasteiger partial charge in [0.05, 0.1) is 6.42 Å². The lowest BCUT2D eigenvalue weighted by Crippen LogP contribution is -2.32. The molecule has 10 heavy (non-hydrogen) atoms. The summed E-state index contributed by atoms with van der Waals surface area (Å²) in [7, 11) is 0. The Bertz CT molecular complexity index is 148. The van der Waals surface area contributed by atoms with Gasteiger partial charge in [-0.2, -0.15) is 0 Å². The van der Waals surface area contributed by atoms with E-state index in [0.29, 0.717) is 0 Å². The van der Waals surface area contributed by atoms with Crippen molar-refractivity contribution in [1.29, 1.82) is 0 Å². The maximum absolute atomic E-state index is 10.1. The Balaban J connectivity index is 3.83. The minimum absolute atomic E-state index is 0.473. The molecule has 3 N–H and O–H groups in total. The van der Waals surface area contributed by atoms with Gasteiger partial charge in [0.25, 0.3) is 0 Å². The molecule has 0 heterocycles. The molecule has 6 heteroatoms. The molecule has 0 radical (unpaired) electrons. The van der Waals surface area contributed by atoms with E-state index in [9.17, 15) is 9.59 Å². The van der Waals surface area contributed by atoms with Crippen molar-refractivity contribution in [3.63, 3.8) is 0 Å². The largest absolute Gasteiger partial charge is 0.481 e. The average molecular weight is 165 g/mol. The van der Waals surface area contributed by atoms with Gasteiger partial charge < -0.3 is 10.2 Å². The third kappa shape index (κ3) is 3.31. The fourth-order valence-corrected chi connectivity index (χ4v) is 0.565. The number of rotatable bonds is 4. The Kier molecular flexibility index (Phi) is 3.82. The number of nitrogens with one attached hydrogen (secondary N) is 1. The predicted octanol–water partition coefficient (Wildman–Crippen LogP) is -0.651. The highest BCUT2D eigenvalue weighted by Gasteiger charge is 2.18. The maximum atomic E-state index is 10.1. The van der Waals surface area contributed by atoms with Crippen LogP contribution in [0, 0.1) is 0 Å². The summed E-state index contributed by atoms with van der Waals surface area (Å²) in [4.78, 5) is 20.0. The van der Waals surface area contributed by atoms with Gasteiger partial charge >= 0.3 is 11.9 Å². The first-order chi connectivity index (χ1) is 4.57. The van der Waals surface area contributed by atoms with Crippen molar-refractivity contribution in [1.82, 2.24) is 4.72 Å². The third-order valence-corrected chi connectivity index (χ3v) is 1.14. The van der Waals surface area contributed by atoms with Crippen molar-refractivity contribution < 1.29 is 19.8 Å². The van der Waals surface area contributed by atoms with E-state index in [1.807, 2.05) is 4.72 Å². The molecule has 1 atom stereocenters. The molecule has 0 aliphatic carbocycles. The molecule has 58 valence electrons. The maximum Gasteiger partial charge on any atom is 0.322 e. The van der Waals surface area contributed by atoms with Gasteiger partial charge in [0.15, 0.2) is 0 Å². The van der Waals surface area contributed by atoms with E-state index in [1.54, 1.807) is 0 Å². The quantitative estimate of drug-likeness (QED) is 0.416. The van der Waals surface area contributed by atoms with Gasteiger partial charge in [-0.3, -0.25) is 14.3 Å². The van der Waals surface area contributed by atoms with Crippen LogP contribution in [0.1, 0.15) is 6.42 Å². The smallest absolute Gasteiger partial charge is 0.322 e. The Labute approximate surface area is 62.6 Å². The Hall–Kier alpha value is -0.750. The fraction of sp³-hybridized carbons (Fsp3) is 0.500. The second-order valence-corrected chi connectivity index (χ2v) is 1.88. The monoisotopic (exact) mass is 165 g/mol. The molecular formula is C4H7NO4S. The number of carboxylic acid groups (broad SMARTS) is 2. The van der Waals surface area contributed by atoms with Crippen LogP contribution in [0.25, 0.3) is 0 Å². The molecule has 0 spiro atoms. The summed E-state index contributed by atoms with van der Waals surface area (Å²) in [5.74, 6) is -2.40. The molecule has 5 nitrogen and oxygen atoms in total. The first-order valence-corrected chi connectivity index (χ1v) is 2.87. The molecular weight excluding hydrogens is 158 g/mol. The minimum Gasteiger partial charge on any atom is -0.481 e. The van der Waals surface area contributed by atoms with Crippen molar-refractivity contribution >= 4 is 24.8 Å². The second kappa shape index (κ2) is 4.13. The summed E-state index contributed by atoms with van der Waals surface area (Å²) in [6, 6.07) is -1.12. The Morgan fingerprint density at radius 1 is 1.50 bits per heavy atom. The molecule has 0 fully saturated rings. The number of hydrogen-bond acceptors (Lipinski definition) is 4. The Morgan fingerprint density at radius 3 is 2.10 bits per heavy atom. The normalized spacial score (nSPS) is 12.5. The van der Waals surface area contributed by atoms with Gasteiger partial charge in [-0.25, -0.2) is 0 Å². The summed E-state index contributed by atoms with van der Waals surface area (Å²) in [6.07, 6.45) is -0.473. The van der Waals surface area contributed by atoms with Crippen LogP contribution < -0.4 is 4.72 Å². The molecule has 0 saturated heterocycles. The van der Waals surface area contributed by atoms with Crippen LogP contribution in [0.2, 0.25) is 0 Å². The van der Waals surface area contributed by atoms with E-state index < -0.39 is 24.4 Å². The van der Waals surface area contributed by atoms with Gasteiger partial charge in [0.1, 0.15) is 6.04 Å². The van der Waals surface area contributed by atoms with Crippen molar-refractivity contribution in [3.8, 4) is 0 Å². The van der Waals surface area contributed by atoms with Crippen LogP contribution in [0.3, 0.4) is 0 Å². The number of carboxylic acids is 2. The first kappa shape index (κ1) is 9.25. The van der Waals surface area contributed by atoms with Crippen LogP contribution in [0.15, 0.2) is 0 Å². The summed E-state index contributed by atoms with van der Waals surface area (Å²) in [6.45, 7) is 0.